The second kappa shape index (κ2) is 6.62. The Bertz CT molecular complexity index is 784. The van der Waals surface area contributed by atoms with E-state index in [1.165, 1.54) is 18.3 Å². The van der Waals surface area contributed by atoms with Crippen molar-refractivity contribution in [2.45, 2.75) is 0 Å². The van der Waals surface area contributed by atoms with Crippen molar-refractivity contribution in [3.05, 3.63) is 78.5 Å². The summed E-state index contributed by atoms with van der Waals surface area (Å²) in [5.41, 5.74) is 0.115. The molecule has 5 nitrogen and oxygen atoms in total. The lowest BCUT2D eigenvalue weighted by Crippen LogP contribution is -1.97. The van der Waals surface area contributed by atoms with Gasteiger partial charge in [-0.15, -0.1) is 0 Å². The van der Waals surface area contributed by atoms with E-state index in [0.29, 0.717) is 17.4 Å². The Kier molecular flexibility index (Phi) is 4.20. The Morgan fingerprint density at radius 3 is 1.96 bits per heavy atom. The van der Waals surface area contributed by atoms with Crippen LogP contribution in [-0.2, 0) is 0 Å². The minimum absolute atomic E-state index is 0.115. The van der Waals surface area contributed by atoms with Crippen LogP contribution in [0.5, 0.6) is 23.1 Å². The van der Waals surface area contributed by atoms with Gasteiger partial charge in [0.25, 0.3) is 0 Å². The number of hydrogen-bond donors (Lipinski definition) is 1. The number of ether oxygens (including phenoxy) is 2. The maximum absolute atomic E-state index is 10.8. The number of pyridine rings is 1. The Morgan fingerprint density at radius 2 is 1.39 bits per heavy atom. The molecule has 0 amide bonds. The first kappa shape index (κ1) is 14.6. The number of nitrogens with zero attached hydrogens (tertiary/aromatic N) is 1. The van der Waals surface area contributed by atoms with E-state index >= 15 is 0 Å². The fourth-order valence-corrected chi connectivity index (χ4v) is 1.89. The van der Waals surface area contributed by atoms with E-state index in [2.05, 4.69) is 4.98 Å². The maximum Gasteiger partial charge on any atom is 0.337 e. The number of carboxylic acids is 1. The minimum atomic E-state index is -1.02. The van der Waals surface area contributed by atoms with E-state index in [1.54, 1.807) is 24.3 Å². The SMILES string of the molecule is O=C(O)c1ccc(Oc2ccc(Oc3ccccc3)cc2)nc1. The van der Waals surface area contributed by atoms with Gasteiger partial charge in [-0.2, -0.15) is 0 Å². The molecular weight excluding hydrogens is 294 g/mol. The van der Waals surface area contributed by atoms with Crippen molar-refractivity contribution in [3.63, 3.8) is 0 Å². The third-order valence-electron chi connectivity index (χ3n) is 3.01. The first-order valence-corrected chi connectivity index (χ1v) is 6.91. The van der Waals surface area contributed by atoms with Gasteiger partial charge in [-0.05, 0) is 42.5 Å². The number of hydrogen-bond acceptors (Lipinski definition) is 4. The van der Waals surface area contributed by atoms with Crippen LogP contribution >= 0.6 is 0 Å². The zero-order valence-electron chi connectivity index (χ0n) is 12.0. The first-order valence-electron chi connectivity index (χ1n) is 6.91. The Balaban J connectivity index is 1.66. The Hall–Kier alpha value is -3.34. The second-order valence-electron chi connectivity index (χ2n) is 4.68. The first-order chi connectivity index (χ1) is 11.2. The molecule has 3 rings (SSSR count). The molecule has 0 bridgehead atoms. The van der Waals surface area contributed by atoms with Gasteiger partial charge in [-0.1, -0.05) is 18.2 Å². The summed E-state index contributed by atoms with van der Waals surface area (Å²) < 4.78 is 11.2. The predicted molar refractivity (Wildman–Crippen MR) is 84.2 cm³/mol. The van der Waals surface area contributed by atoms with Gasteiger partial charge in [0.15, 0.2) is 0 Å². The van der Waals surface area contributed by atoms with E-state index in [1.807, 2.05) is 30.3 Å². The monoisotopic (exact) mass is 307 g/mol. The van der Waals surface area contributed by atoms with Crippen LogP contribution in [0.15, 0.2) is 72.9 Å². The molecule has 0 aliphatic carbocycles. The summed E-state index contributed by atoms with van der Waals surface area (Å²) >= 11 is 0. The molecule has 5 heteroatoms. The fraction of sp³-hybridized carbons (Fsp3) is 0. The Morgan fingerprint density at radius 1 is 0.783 bits per heavy atom. The highest BCUT2D eigenvalue weighted by molar-refractivity contribution is 5.87. The van der Waals surface area contributed by atoms with Crippen LogP contribution in [0.3, 0.4) is 0 Å². The molecule has 0 saturated heterocycles. The standard InChI is InChI=1S/C18H13NO4/c20-18(21)13-6-11-17(19-12-13)23-16-9-7-15(8-10-16)22-14-4-2-1-3-5-14/h1-12H,(H,20,21). The highest BCUT2D eigenvalue weighted by Gasteiger charge is 2.04. The number of aromatic nitrogens is 1. The van der Waals surface area contributed by atoms with Crippen molar-refractivity contribution in [2.24, 2.45) is 0 Å². The largest absolute Gasteiger partial charge is 0.478 e. The zero-order chi connectivity index (χ0) is 16.1. The van der Waals surface area contributed by atoms with Crippen LogP contribution < -0.4 is 9.47 Å². The highest BCUT2D eigenvalue weighted by Crippen LogP contribution is 2.25. The molecule has 23 heavy (non-hydrogen) atoms. The van der Waals surface area contributed by atoms with Crippen LogP contribution in [-0.4, -0.2) is 16.1 Å². The van der Waals surface area contributed by atoms with Gasteiger partial charge in [0.05, 0.1) is 5.56 Å². The summed E-state index contributed by atoms with van der Waals surface area (Å²) in [6, 6.07) is 19.5. The van der Waals surface area contributed by atoms with E-state index < -0.39 is 5.97 Å². The summed E-state index contributed by atoms with van der Waals surface area (Å²) in [5, 5.41) is 8.82. The smallest absolute Gasteiger partial charge is 0.337 e. The quantitative estimate of drug-likeness (QED) is 0.758. The molecule has 1 aromatic heterocycles. The lowest BCUT2D eigenvalue weighted by Gasteiger charge is -2.07. The lowest BCUT2D eigenvalue weighted by atomic mass is 10.3. The molecule has 1 heterocycles. The number of aromatic carboxylic acids is 1. The lowest BCUT2D eigenvalue weighted by molar-refractivity contribution is 0.0696. The number of carboxylic acid groups (broad SMARTS) is 1. The molecule has 0 atom stereocenters. The summed E-state index contributed by atoms with van der Waals surface area (Å²) in [6.45, 7) is 0. The van der Waals surface area contributed by atoms with Crippen LogP contribution in [0.1, 0.15) is 10.4 Å². The summed E-state index contributed by atoms with van der Waals surface area (Å²) in [5.74, 6) is 1.34. The van der Waals surface area contributed by atoms with Crippen LogP contribution in [0.2, 0.25) is 0 Å². The molecule has 0 spiro atoms. The van der Waals surface area contributed by atoms with Crippen molar-refractivity contribution >= 4 is 5.97 Å². The molecule has 3 aromatic rings. The van der Waals surface area contributed by atoms with E-state index in [-0.39, 0.29) is 5.56 Å². The van der Waals surface area contributed by atoms with Gasteiger partial charge in [-0.25, -0.2) is 9.78 Å². The molecule has 0 fully saturated rings. The van der Waals surface area contributed by atoms with Crippen molar-refractivity contribution < 1.29 is 19.4 Å². The third kappa shape index (κ3) is 3.85. The zero-order valence-corrected chi connectivity index (χ0v) is 12.0. The van der Waals surface area contributed by atoms with Crippen LogP contribution in [0, 0.1) is 0 Å². The van der Waals surface area contributed by atoms with Crippen LogP contribution in [0.25, 0.3) is 0 Å². The highest BCUT2D eigenvalue weighted by atomic mass is 16.5. The van der Waals surface area contributed by atoms with Crippen molar-refractivity contribution in [2.75, 3.05) is 0 Å². The van der Waals surface area contributed by atoms with Gasteiger partial charge in [0.1, 0.15) is 17.2 Å². The minimum Gasteiger partial charge on any atom is -0.478 e. The van der Waals surface area contributed by atoms with Gasteiger partial charge in [0, 0.05) is 12.3 Å². The molecule has 2 aromatic carbocycles. The fourth-order valence-electron chi connectivity index (χ4n) is 1.89. The van der Waals surface area contributed by atoms with Crippen molar-refractivity contribution in [3.8, 4) is 23.1 Å². The average molecular weight is 307 g/mol. The number of benzene rings is 2. The Labute approximate surface area is 132 Å². The topological polar surface area (TPSA) is 68.7 Å². The van der Waals surface area contributed by atoms with Crippen molar-refractivity contribution in [1.29, 1.82) is 0 Å². The molecule has 0 unspecified atom stereocenters. The van der Waals surface area contributed by atoms with Crippen molar-refractivity contribution in [1.82, 2.24) is 4.98 Å². The van der Waals surface area contributed by atoms with E-state index in [9.17, 15) is 4.79 Å². The molecule has 0 radical (unpaired) electrons. The molecule has 0 aliphatic rings. The van der Waals surface area contributed by atoms with E-state index in [0.717, 1.165) is 5.75 Å². The molecule has 114 valence electrons. The van der Waals surface area contributed by atoms with Gasteiger partial charge >= 0.3 is 5.97 Å². The number of carbonyl (C=O) groups is 1. The van der Waals surface area contributed by atoms with E-state index in [4.69, 9.17) is 14.6 Å². The summed E-state index contributed by atoms with van der Waals surface area (Å²) in [4.78, 5) is 14.7. The second-order valence-corrected chi connectivity index (χ2v) is 4.68. The average Bonchev–Trinajstić information content (AvgIpc) is 2.58. The number of para-hydroxylation sites is 1. The summed E-state index contributed by atoms with van der Waals surface area (Å²) in [7, 11) is 0. The molecule has 0 saturated carbocycles. The third-order valence-corrected chi connectivity index (χ3v) is 3.01. The maximum atomic E-state index is 10.8. The summed E-state index contributed by atoms with van der Waals surface area (Å²) in [6.07, 6.45) is 1.25. The van der Waals surface area contributed by atoms with Crippen LogP contribution in [0.4, 0.5) is 0 Å². The normalized spacial score (nSPS) is 10.1. The van der Waals surface area contributed by atoms with Gasteiger partial charge < -0.3 is 14.6 Å². The van der Waals surface area contributed by atoms with Gasteiger partial charge in [-0.3, -0.25) is 0 Å². The molecular formula is C18H13NO4. The molecule has 1 N–H and O–H groups in total. The number of rotatable bonds is 5. The predicted octanol–water partition coefficient (Wildman–Crippen LogP) is 4.36. The van der Waals surface area contributed by atoms with Gasteiger partial charge in [0.2, 0.25) is 5.88 Å². The molecule has 0 aliphatic heterocycles.